The zero-order valence-electron chi connectivity index (χ0n) is 10.5. The Labute approximate surface area is 116 Å². The third-order valence-corrected chi connectivity index (χ3v) is 3.76. The van der Waals surface area contributed by atoms with Crippen LogP contribution in [-0.2, 0) is 4.79 Å². The minimum atomic E-state index is -0.147. The molecule has 0 aliphatic carbocycles. The van der Waals surface area contributed by atoms with Crippen LogP contribution in [0.4, 0.5) is 0 Å². The minimum absolute atomic E-state index is 0.000858. The Morgan fingerprint density at radius 3 is 2.78 bits per heavy atom. The number of thiophene rings is 1. The summed E-state index contributed by atoms with van der Waals surface area (Å²) >= 11 is 7.22. The van der Waals surface area contributed by atoms with Gasteiger partial charge in [0.2, 0.25) is 5.91 Å². The summed E-state index contributed by atoms with van der Waals surface area (Å²) in [7, 11) is 0. The SMILES string of the molecule is CC(C)C(CCO)NC(=O)/C=C/c1ccc(Cl)s1. The summed E-state index contributed by atoms with van der Waals surface area (Å²) in [5.74, 6) is 0.150. The molecule has 1 atom stereocenters. The lowest BCUT2D eigenvalue weighted by molar-refractivity contribution is -0.117. The van der Waals surface area contributed by atoms with Crippen LogP contribution < -0.4 is 5.32 Å². The van der Waals surface area contributed by atoms with Gasteiger partial charge in [0.05, 0.1) is 4.34 Å². The van der Waals surface area contributed by atoms with Gasteiger partial charge < -0.3 is 10.4 Å². The maximum Gasteiger partial charge on any atom is 0.244 e. The molecule has 0 radical (unpaired) electrons. The molecule has 0 bridgehead atoms. The first-order valence-electron chi connectivity index (χ1n) is 5.87. The smallest absolute Gasteiger partial charge is 0.244 e. The number of rotatable bonds is 6. The average Bonchev–Trinajstić information content (AvgIpc) is 2.72. The lowest BCUT2D eigenvalue weighted by Crippen LogP contribution is -2.38. The third-order valence-electron chi connectivity index (χ3n) is 2.57. The molecule has 0 aromatic carbocycles. The second kappa shape index (κ2) is 7.56. The maximum absolute atomic E-state index is 11.7. The Kier molecular flexibility index (Phi) is 6.39. The molecular formula is C13H18ClNO2S. The van der Waals surface area contributed by atoms with Crippen molar-refractivity contribution in [1.29, 1.82) is 0 Å². The van der Waals surface area contributed by atoms with E-state index in [1.54, 1.807) is 12.1 Å². The van der Waals surface area contributed by atoms with Crippen molar-refractivity contribution in [1.82, 2.24) is 5.32 Å². The predicted molar refractivity (Wildman–Crippen MR) is 76.8 cm³/mol. The molecule has 0 saturated heterocycles. The van der Waals surface area contributed by atoms with E-state index >= 15 is 0 Å². The first kappa shape index (κ1) is 15.2. The van der Waals surface area contributed by atoms with Gasteiger partial charge in [0.25, 0.3) is 0 Å². The molecule has 0 spiro atoms. The summed E-state index contributed by atoms with van der Waals surface area (Å²) in [5.41, 5.74) is 0. The van der Waals surface area contributed by atoms with E-state index in [4.69, 9.17) is 16.7 Å². The van der Waals surface area contributed by atoms with E-state index in [0.717, 1.165) is 4.88 Å². The average molecular weight is 288 g/mol. The van der Waals surface area contributed by atoms with Crippen LogP contribution in [-0.4, -0.2) is 23.7 Å². The molecule has 2 N–H and O–H groups in total. The third kappa shape index (κ3) is 5.21. The number of carbonyl (C=O) groups is 1. The highest BCUT2D eigenvalue weighted by molar-refractivity contribution is 7.17. The summed E-state index contributed by atoms with van der Waals surface area (Å²) in [6, 6.07) is 3.66. The molecular weight excluding hydrogens is 270 g/mol. The Bertz CT molecular complexity index is 415. The summed E-state index contributed by atoms with van der Waals surface area (Å²) in [6.45, 7) is 4.11. The van der Waals surface area contributed by atoms with Gasteiger partial charge in [-0.15, -0.1) is 11.3 Å². The molecule has 18 heavy (non-hydrogen) atoms. The van der Waals surface area contributed by atoms with Crippen LogP contribution in [0.1, 0.15) is 25.1 Å². The molecule has 1 rings (SSSR count). The number of hydrogen-bond acceptors (Lipinski definition) is 3. The topological polar surface area (TPSA) is 49.3 Å². The second-order valence-corrected chi connectivity index (χ2v) is 6.09. The van der Waals surface area contributed by atoms with Crippen molar-refractivity contribution in [3.05, 3.63) is 27.4 Å². The van der Waals surface area contributed by atoms with Crippen molar-refractivity contribution in [3.8, 4) is 0 Å². The molecule has 5 heteroatoms. The van der Waals surface area contributed by atoms with Crippen molar-refractivity contribution in [3.63, 3.8) is 0 Å². The van der Waals surface area contributed by atoms with Gasteiger partial charge >= 0.3 is 0 Å². The number of halogens is 1. The minimum Gasteiger partial charge on any atom is -0.396 e. The molecule has 0 saturated carbocycles. The molecule has 1 aromatic rings. The fourth-order valence-electron chi connectivity index (χ4n) is 1.52. The number of carbonyl (C=O) groups excluding carboxylic acids is 1. The Balaban J connectivity index is 2.52. The summed E-state index contributed by atoms with van der Waals surface area (Å²) < 4.78 is 0.704. The van der Waals surface area contributed by atoms with Crippen LogP contribution in [0.5, 0.6) is 0 Å². The fraction of sp³-hybridized carbons (Fsp3) is 0.462. The normalized spacial score (nSPS) is 13.2. The first-order chi connectivity index (χ1) is 8.52. The highest BCUT2D eigenvalue weighted by atomic mass is 35.5. The molecule has 1 aromatic heterocycles. The standard InChI is InChI=1S/C13H18ClNO2S/c1-9(2)11(7-8-16)15-13(17)6-4-10-3-5-12(14)18-10/h3-6,9,11,16H,7-8H2,1-2H3,(H,15,17)/b6-4+. The number of aliphatic hydroxyl groups excluding tert-OH is 1. The number of nitrogens with one attached hydrogen (secondary N) is 1. The Morgan fingerprint density at radius 2 is 2.28 bits per heavy atom. The van der Waals surface area contributed by atoms with Crippen LogP contribution in [0.3, 0.4) is 0 Å². The van der Waals surface area contributed by atoms with Gasteiger partial charge in [-0.1, -0.05) is 25.4 Å². The van der Waals surface area contributed by atoms with E-state index < -0.39 is 0 Å². The second-order valence-electron chi connectivity index (χ2n) is 4.35. The van der Waals surface area contributed by atoms with Gasteiger partial charge in [0.15, 0.2) is 0 Å². The summed E-state index contributed by atoms with van der Waals surface area (Å²) in [5, 5.41) is 11.8. The quantitative estimate of drug-likeness (QED) is 0.791. The van der Waals surface area contributed by atoms with Crippen LogP contribution in [0.25, 0.3) is 6.08 Å². The highest BCUT2D eigenvalue weighted by Gasteiger charge is 2.13. The van der Waals surface area contributed by atoms with E-state index in [1.165, 1.54) is 17.4 Å². The van der Waals surface area contributed by atoms with Crippen LogP contribution in [0.15, 0.2) is 18.2 Å². The van der Waals surface area contributed by atoms with Crippen molar-refractivity contribution in [2.24, 2.45) is 5.92 Å². The van der Waals surface area contributed by atoms with E-state index in [1.807, 2.05) is 19.9 Å². The maximum atomic E-state index is 11.7. The monoisotopic (exact) mass is 287 g/mol. The number of amides is 1. The summed E-state index contributed by atoms with van der Waals surface area (Å²) in [4.78, 5) is 12.6. The number of hydrogen-bond donors (Lipinski definition) is 2. The van der Waals surface area contributed by atoms with E-state index in [-0.39, 0.29) is 18.6 Å². The molecule has 1 amide bonds. The molecule has 0 fully saturated rings. The highest BCUT2D eigenvalue weighted by Crippen LogP contribution is 2.22. The van der Waals surface area contributed by atoms with Crippen molar-refractivity contribution in [2.75, 3.05) is 6.61 Å². The summed E-state index contributed by atoms with van der Waals surface area (Å²) in [6.07, 6.45) is 3.80. The van der Waals surface area contributed by atoms with Crippen LogP contribution >= 0.6 is 22.9 Å². The fourth-order valence-corrected chi connectivity index (χ4v) is 2.48. The molecule has 1 heterocycles. The van der Waals surface area contributed by atoms with Gasteiger partial charge in [0.1, 0.15) is 0 Å². The van der Waals surface area contributed by atoms with E-state index in [0.29, 0.717) is 16.7 Å². The predicted octanol–water partition coefficient (Wildman–Crippen LogP) is 2.94. The Morgan fingerprint density at radius 1 is 1.56 bits per heavy atom. The lowest BCUT2D eigenvalue weighted by atomic mass is 10.0. The molecule has 1 unspecified atom stereocenters. The van der Waals surface area contributed by atoms with E-state index in [9.17, 15) is 4.79 Å². The van der Waals surface area contributed by atoms with Crippen LogP contribution in [0.2, 0.25) is 4.34 Å². The van der Waals surface area contributed by atoms with E-state index in [2.05, 4.69) is 5.32 Å². The van der Waals surface area contributed by atoms with Gasteiger partial charge in [-0.25, -0.2) is 0 Å². The van der Waals surface area contributed by atoms with Crippen LogP contribution in [0, 0.1) is 5.92 Å². The van der Waals surface area contributed by atoms with Crippen molar-refractivity contribution < 1.29 is 9.90 Å². The lowest BCUT2D eigenvalue weighted by Gasteiger charge is -2.20. The van der Waals surface area contributed by atoms with Crippen molar-refractivity contribution in [2.45, 2.75) is 26.3 Å². The molecule has 3 nitrogen and oxygen atoms in total. The molecule has 0 aliphatic rings. The van der Waals surface area contributed by atoms with Crippen molar-refractivity contribution >= 4 is 34.9 Å². The zero-order valence-corrected chi connectivity index (χ0v) is 12.1. The largest absolute Gasteiger partial charge is 0.396 e. The molecule has 0 aliphatic heterocycles. The molecule has 100 valence electrons. The number of aliphatic hydroxyl groups is 1. The Hall–Kier alpha value is -0.840. The van der Waals surface area contributed by atoms with Gasteiger partial charge in [-0.05, 0) is 30.5 Å². The first-order valence-corrected chi connectivity index (χ1v) is 7.07. The van der Waals surface area contributed by atoms with Gasteiger partial charge in [-0.3, -0.25) is 4.79 Å². The van der Waals surface area contributed by atoms with Gasteiger partial charge in [-0.2, -0.15) is 0 Å². The van der Waals surface area contributed by atoms with Gasteiger partial charge in [0, 0.05) is 23.6 Å². The zero-order chi connectivity index (χ0) is 13.5.